The number of amides is 2. The van der Waals surface area contributed by atoms with Crippen molar-refractivity contribution in [1.82, 2.24) is 29.8 Å². The molecule has 0 bridgehead atoms. The summed E-state index contributed by atoms with van der Waals surface area (Å²) in [7, 11) is 1.76. The number of rotatable bonds is 6. The van der Waals surface area contributed by atoms with Gasteiger partial charge in [0.15, 0.2) is 6.23 Å². The van der Waals surface area contributed by atoms with Gasteiger partial charge in [-0.15, -0.1) is 0 Å². The van der Waals surface area contributed by atoms with Crippen molar-refractivity contribution < 1.29 is 29.0 Å². The summed E-state index contributed by atoms with van der Waals surface area (Å²) >= 11 is 0. The number of nitrogens with zero attached hydrogens (tertiary/aromatic N) is 5. The first-order chi connectivity index (χ1) is 16.4. The molecule has 13 nitrogen and oxygen atoms in total. The highest BCUT2D eigenvalue weighted by atomic mass is 16.6. The third-order valence-corrected chi connectivity index (χ3v) is 6.51. The second kappa shape index (κ2) is 11.4. The Labute approximate surface area is 206 Å². The maximum Gasteiger partial charge on any atom is 0.414 e. The van der Waals surface area contributed by atoms with Crippen LogP contribution in [0.25, 0.3) is 0 Å². The number of ether oxygens (including phenoxy) is 2. The fourth-order valence-corrected chi connectivity index (χ4v) is 4.60. The second-order valence-corrected chi connectivity index (χ2v) is 10.3. The van der Waals surface area contributed by atoms with Gasteiger partial charge in [0.25, 0.3) is 0 Å². The Morgan fingerprint density at radius 3 is 2.26 bits per heavy atom. The van der Waals surface area contributed by atoms with Gasteiger partial charge in [0.2, 0.25) is 5.96 Å². The molecule has 2 unspecified atom stereocenters. The molecule has 3 fully saturated rings. The van der Waals surface area contributed by atoms with E-state index >= 15 is 0 Å². The molecule has 0 aliphatic carbocycles. The van der Waals surface area contributed by atoms with Gasteiger partial charge in [0, 0.05) is 66.0 Å². The van der Waals surface area contributed by atoms with Gasteiger partial charge in [-0.2, -0.15) is 0 Å². The first kappa shape index (κ1) is 27.0. The monoisotopic (exact) mass is 497 g/mol. The van der Waals surface area contributed by atoms with E-state index in [0.717, 1.165) is 26.1 Å². The van der Waals surface area contributed by atoms with E-state index in [1.54, 1.807) is 32.7 Å². The van der Waals surface area contributed by atoms with Crippen LogP contribution in [0.3, 0.4) is 0 Å². The van der Waals surface area contributed by atoms with Gasteiger partial charge >= 0.3 is 18.2 Å². The van der Waals surface area contributed by atoms with Crippen LogP contribution in [0.2, 0.25) is 0 Å². The van der Waals surface area contributed by atoms with Gasteiger partial charge in [-0.25, -0.2) is 9.59 Å². The van der Waals surface area contributed by atoms with Crippen molar-refractivity contribution in [2.24, 2.45) is 0 Å². The Hall–Kier alpha value is -2.64. The molecule has 0 aromatic heterocycles. The zero-order valence-electron chi connectivity index (χ0n) is 21.2. The number of piperazine rings is 2. The van der Waals surface area contributed by atoms with Gasteiger partial charge in [-0.3, -0.25) is 30.2 Å². The van der Waals surface area contributed by atoms with E-state index in [1.165, 1.54) is 0 Å². The number of carbonyl (C=O) groups is 3. The van der Waals surface area contributed by atoms with Crippen molar-refractivity contribution in [3.63, 3.8) is 0 Å². The Kier molecular flexibility index (Phi) is 8.78. The first-order valence-electron chi connectivity index (χ1n) is 12.1. The van der Waals surface area contributed by atoms with Crippen LogP contribution >= 0.6 is 0 Å². The van der Waals surface area contributed by atoms with Crippen LogP contribution in [-0.2, 0) is 14.3 Å². The zero-order valence-corrected chi connectivity index (χ0v) is 21.2. The number of nitrogens with one attached hydrogen (secondary N) is 2. The van der Waals surface area contributed by atoms with Gasteiger partial charge in [0.05, 0.1) is 12.6 Å². The fraction of sp³-hybridized carbons (Fsp3) is 0.818. The van der Waals surface area contributed by atoms with E-state index in [4.69, 9.17) is 20.0 Å². The smallest absolute Gasteiger partial charge is 0.414 e. The molecular formula is C22H39N7O6. The molecular weight excluding hydrogens is 458 g/mol. The number of aliphatic carboxylic acids is 1. The SMILES string of the molecule is CN1C(=O)OC(N2CCN(CC(=O)O)CC2)C1CCN1CCN(C(=N)NC(=O)OC(C)(C)C)CC1. The number of cyclic esters (lactones) is 1. The summed E-state index contributed by atoms with van der Waals surface area (Å²) in [4.78, 5) is 45.0. The molecule has 198 valence electrons. The lowest BCUT2D eigenvalue weighted by Gasteiger charge is -2.39. The lowest BCUT2D eigenvalue weighted by Crippen LogP contribution is -2.56. The van der Waals surface area contributed by atoms with E-state index in [9.17, 15) is 14.4 Å². The summed E-state index contributed by atoms with van der Waals surface area (Å²) < 4.78 is 10.9. The maximum absolute atomic E-state index is 12.3. The number of hydrogen-bond donors (Lipinski definition) is 3. The highest BCUT2D eigenvalue weighted by Crippen LogP contribution is 2.25. The van der Waals surface area contributed by atoms with Crippen LogP contribution in [0.4, 0.5) is 9.59 Å². The number of alkyl carbamates (subject to hydrolysis) is 1. The highest BCUT2D eigenvalue weighted by Gasteiger charge is 2.43. The summed E-state index contributed by atoms with van der Waals surface area (Å²) in [5.74, 6) is -0.797. The van der Waals surface area contributed by atoms with Gasteiger partial charge in [0.1, 0.15) is 5.60 Å². The van der Waals surface area contributed by atoms with Crippen molar-refractivity contribution in [2.45, 2.75) is 45.1 Å². The maximum atomic E-state index is 12.3. The molecule has 3 aliphatic rings. The summed E-state index contributed by atoms with van der Waals surface area (Å²) in [6, 6.07) is -0.0845. The molecule has 2 amide bonds. The minimum absolute atomic E-state index is 0.0262. The molecule has 3 heterocycles. The number of carboxylic acids is 1. The van der Waals surface area contributed by atoms with Crippen LogP contribution in [0.15, 0.2) is 0 Å². The zero-order chi connectivity index (χ0) is 25.8. The molecule has 3 aliphatic heterocycles. The minimum Gasteiger partial charge on any atom is -0.480 e. The van der Waals surface area contributed by atoms with Gasteiger partial charge in [-0.1, -0.05) is 0 Å². The number of guanidine groups is 1. The summed E-state index contributed by atoms with van der Waals surface area (Å²) in [6.45, 7) is 11.4. The molecule has 0 radical (unpaired) electrons. The number of carbonyl (C=O) groups excluding carboxylic acids is 2. The Morgan fingerprint density at radius 1 is 1.09 bits per heavy atom. The summed E-state index contributed by atoms with van der Waals surface area (Å²) in [6.07, 6.45) is -0.560. The van der Waals surface area contributed by atoms with E-state index in [0.29, 0.717) is 39.3 Å². The average Bonchev–Trinajstić information content (AvgIpc) is 3.05. The number of likely N-dealkylation sites (N-methyl/N-ethyl adjacent to an activating group) is 1. The molecule has 0 saturated carbocycles. The van der Waals surface area contributed by atoms with E-state index < -0.39 is 17.7 Å². The largest absolute Gasteiger partial charge is 0.480 e. The van der Waals surface area contributed by atoms with Crippen LogP contribution < -0.4 is 5.32 Å². The van der Waals surface area contributed by atoms with Crippen LogP contribution in [0.1, 0.15) is 27.2 Å². The third-order valence-electron chi connectivity index (χ3n) is 6.51. The van der Waals surface area contributed by atoms with Crippen molar-refractivity contribution in [3.8, 4) is 0 Å². The molecule has 3 N–H and O–H groups in total. The standard InChI is InChI=1S/C22H39N7O6/c1-22(2,3)35-20(32)24-19(23)29-13-7-26(8-14-29)6-5-16-18(34-21(33)25(16)4)28-11-9-27(10-12-28)15-17(30)31/h16,18H,5-15H2,1-4H3,(H,30,31)(H2,23,24,32). The Bertz CT molecular complexity index is 788. The lowest BCUT2D eigenvalue weighted by molar-refractivity contribution is -0.139. The van der Waals surface area contributed by atoms with Crippen molar-refractivity contribution in [1.29, 1.82) is 5.41 Å². The predicted octanol–water partition coefficient (Wildman–Crippen LogP) is -0.0675. The topological polar surface area (TPSA) is 142 Å². The molecule has 0 aromatic carbocycles. The molecule has 13 heteroatoms. The molecule has 35 heavy (non-hydrogen) atoms. The van der Waals surface area contributed by atoms with Crippen LogP contribution in [0, 0.1) is 5.41 Å². The normalized spacial score (nSPS) is 24.9. The molecule has 3 saturated heterocycles. The summed E-state index contributed by atoms with van der Waals surface area (Å²) in [5.41, 5.74) is -0.620. The minimum atomic E-state index is -0.834. The van der Waals surface area contributed by atoms with Crippen molar-refractivity contribution >= 4 is 24.1 Å². The van der Waals surface area contributed by atoms with Gasteiger partial charge in [-0.05, 0) is 27.2 Å². The highest BCUT2D eigenvalue weighted by molar-refractivity contribution is 5.92. The second-order valence-electron chi connectivity index (χ2n) is 10.3. The first-order valence-corrected chi connectivity index (χ1v) is 12.1. The fourth-order valence-electron chi connectivity index (χ4n) is 4.60. The number of carboxylic acid groups (broad SMARTS) is 1. The quantitative estimate of drug-likeness (QED) is 0.337. The van der Waals surface area contributed by atoms with Crippen LogP contribution in [0.5, 0.6) is 0 Å². The molecule has 2 atom stereocenters. The Balaban J connectivity index is 1.44. The van der Waals surface area contributed by atoms with E-state index in [1.807, 2.05) is 9.80 Å². The van der Waals surface area contributed by atoms with E-state index in [-0.39, 0.29) is 30.9 Å². The van der Waals surface area contributed by atoms with E-state index in [2.05, 4.69) is 15.1 Å². The van der Waals surface area contributed by atoms with Gasteiger partial charge < -0.3 is 24.4 Å². The molecule has 0 aromatic rings. The Morgan fingerprint density at radius 2 is 1.69 bits per heavy atom. The van der Waals surface area contributed by atoms with Crippen molar-refractivity contribution in [3.05, 3.63) is 0 Å². The lowest BCUT2D eigenvalue weighted by atomic mass is 10.1. The molecule has 3 rings (SSSR count). The molecule has 0 spiro atoms. The average molecular weight is 498 g/mol. The predicted molar refractivity (Wildman–Crippen MR) is 127 cm³/mol. The number of hydrogen-bond acceptors (Lipinski definition) is 9. The van der Waals surface area contributed by atoms with Crippen LogP contribution in [-0.4, -0.2) is 144 Å². The van der Waals surface area contributed by atoms with Crippen molar-refractivity contribution in [2.75, 3.05) is 72.5 Å². The third kappa shape index (κ3) is 7.67. The summed E-state index contributed by atoms with van der Waals surface area (Å²) in [5, 5.41) is 19.6.